The fraction of sp³-hybridized carbons (Fsp3) is 1.00. The summed E-state index contributed by atoms with van der Waals surface area (Å²) in [7, 11) is 4.03. The molecule has 0 bridgehead atoms. The Balaban J connectivity index is 2.23. The Bertz CT molecular complexity index is 79.1. The molecule has 1 unspecified atom stereocenters. The predicted octanol–water partition coefficient (Wildman–Crippen LogP) is -0.491. The maximum Gasteiger partial charge on any atom is 0.0993 e. The van der Waals surface area contributed by atoms with Crippen molar-refractivity contribution in [2.24, 2.45) is 0 Å². The maximum absolute atomic E-state index is 5.21. The monoisotopic (exact) mass is 129 g/mol. The first kappa shape index (κ1) is 6.99. The first-order valence-corrected chi connectivity index (χ1v) is 3.21. The van der Waals surface area contributed by atoms with Crippen molar-refractivity contribution in [2.45, 2.75) is 6.17 Å². The number of nitrogens with zero attached hydrogens (tertiary/aromatic N) is 2. The summed E-state index contributed by atoms with van der Waals surface area (Å²) >= 11 is 0. The highest BCUT2D eigenvalue weighted by molar-refractivity contribution is 4.65. The molecule has 1 heterocycles. The molecule has 0 aromatic heterocycles. The van der Waals surface area contributed by atoms with Crippen LogP contribution in [0.1, 0.15) is 0 Å². The Kier molecular flexibility index (Phi) is 2.45. The van der Waals surface area contributed by atoms with Gasteiger partial charge in [-0.15, -0.1) is 0 Å². The van der Waals surface area contributed by atoms with Gasteiger partial charge in [-0.1, -0.05) is 0 Å². The Morgan fingerprint density at radius 2 is 2.33 bits per heavy atom. The zero-order valence-corrected chi connectivity index (χ0v) is 6.00. The largest absolute Gasteiger partial charge is 0.377 e. The summed E-state index contributed by atoms with van der Waals surface area (Å²) in [5.74, 6) is 0. The predicted molar refractivity (Wildman–Crippen MR) is 35.3 cm³/mol. The van der Waals surface area contributed by atoms with E-state index in [0.29, 0.717) is 6.17 Å². The minimum absolute atomic E-state index is 0.291. The van der Waals surface area contributed by atoms with Gasteiger partial charge in [0.25, 0.3) is 0 Å². The standard InChI is InChI=1S/C6H13N2O/c1-8(2)6-5-9-4-3-7-6/h6H,3-5H2,1-2H3. The number of ether oxygens (including phenoxy) is 1. The Labute approximate surface area is 56.0 Å². The summed E-state index contributed by atoms with van der Waals surface area (Å²) in [6.07, 6.45) is 0.291. The van der Waals surface area contributed by atoms with Crippen molar-refractivity contribution in [3.63, 3.8) is 0 Å². The molecule has 3 heteroatoms. The third kappa shape index (κ3) is 1.93. The van der Waals surface area contributed by atoms with Crippen LogP contribution in [-0.2, 0) is 4.74 Å². The van der Waals surface area contributed by atoms with Crippen LogP contribution in [-0.4, -0.2) is 44.9 Å². The zero-order chi connectivity index (χ0) is 6.69. The molecule has 3 nitrogen and oxygen atoms in total. The van der Waals surface area contributed by atoms with Crippen LogP contribution in [0.15, 0.2) is 0 Å². The fourth-order valence-electron chi connectivity index (χ4n) is 0.820. The van der Waals surface area contributed by atoms with Gasteiger partial charge in [-0.05, 0) is 14.1 Å². The van der Waals surface area contributed by atoms with Crippen LogP contribution in [0.25, 0.3) is 0 Å². The first-order chi connectivity index (χ1) is 4.30. The van der Waals surface area contributed by atoms with Crippen molar-refractivity contribution in [3.8, 4) is 0 Å². The van der Waals surface area contributed by atoms with E-state index in [0.717, 1.165) is 19.8 Å². The van der Waals surface area contributed by atoms with Gasteiger partial charge in [-0.2, -0.15) is 0 Å². The molecule has 9 heavy (non-hydrogen) atoms. The van der Waals surface area contributed by atoms with E-state index >= 15 is 0 Å². The third-order valence-electron chi connectivity index (χ3n) is 1.44. The highest BCUT2D eigenvalue weighted by Crippen LogP contribution is 1.96. The van der Waals surface area contributed by atoms with Crippen LogP contribution < -0.4 is 5.32 Å². The topological polar surface area (TPSA) is 26.6 Å². The molecule has 1 fully saturated rings. The molecule has 1 aliphatic rings. The van der Waals surface area contributed by atoms with E-state index in [2.05, 4.69) is 10.2 Å². The summed E-state index contributed by atoms with van der Waals surface area (Å²) in [6.45, 7) is 2.40. The van der Waals surface area contributed by atoms with Gasteiger partial charge in [0.2, 0.25) is 0 Å². The van der Waals surface area contributed by atoms with Gasteiger partial charge in [0.05, 0.1) is 19.4 Å². The number of morpholine rings is 1. The number of hydrogen-bond acceptors (Lipinski definition) is 2. The molecule has 1 rings (SSSR count). The molecular formula is C6H13N2O. The molecule has 0 aromatic rings. The second-order valence-corrected chi connectivity index (χ2v) is 2.43. The van der Waals surface area contributed by atoms with E-state index < -0.39 is 0 Å². The second kappa shape index (κ2) is 3.15. The van der Waals surface area contributed by atoms with Crippen molar-refractivity contribution in [3.05, 3.63) is 0 Å². The molecule has 0 N–H and O–H groups in total. The van der Waals surface area contributed by atoms with Crippen molar-refractivity contribution in [2.75, 3.05) is 33.9 Å². The van der Waals surface area contributed by atoms with Crippen LogP contribution >= 0.6 is 0 Å². The maximum atomic E-state index is 5.21. The lowest BCUT2D eigenvalue weighted by Crippen LogP contribution is -2.45. The lowest BCUT2D eigenvalue weighted by Gasteiger charge is -2.27. The molecule has 1 atom stereocenters. The zero-order valence-electron chi connectivity index (χ0n) is 6.00. The van der Waals surface area contributed by atoms with Crippen molar-refractivity contribution < 1.29 is 4.74 Å². The highest BCUT2D eigenvalue weighted by Gasteiger charge is 2.14. The molecule has 0 aliphatic carbocycles. The van der Waals surface area contributed by atoms with E-state index in [1.807, 2.05) is 14.1 Å². The molecule has 0 spiro atoms. The average molecular weight is 129 g/mol. The van der Waals surface area contributed by atoms with Gasteiger partial charge in [-0.25, -0.2) is 5.32 Å². The molecular weight excluding hydrogens is 116 g/mol. The summed E-state index contributed by atoms with van der Waals surface area (Å²) in [5.41, 5.74) is 0. The van der Waals surface area contributed by atoms with Crippen LogP contribution in [0.5, 0.6) is 0 Å². The first-order valence-electron chi connectivity index (χ1n) is 3.21. The smallest absolute Gasteiger partial charge is 0.0993 e. The van der Waals surface area contributed by atoms with Gasteiger partial charge in [0.1, 0.15) is 0 Å². The molecule has 1 saturated heterocycles. The van der Waals surface area contributed by atoms with Crippen molar-refractivity contribution >= 4 is 0 Å². The quantitative estimate of drug-likeness (QED) is 0.477. The molecule has 0 amide bonds. The van der Waals surface area contributed by atoms with Crippen LogP contribution in [0.3, 0.4) is 0 Å². The molecule has 1 aliphatic heterocycles. The lowest BCUT2D eigenvalue weighted by atomic mass is 10.4. The van der Waals surface area contributed by atoms with Crippen molar-refractivity contribution in [1.82, 2.24) is 10.2 Å². The van der Waals surface area contributed by atoms with Gasteiger partial charge in [-0.3, -0.25) is 4.90 Å². The van der Waals surface area contributed by atoms with Gasteiger partial charge >= 0.3 is 0 Å². The SMILES string of the molecule is CN(C)C1COCC[N]1. The molecule has 53 valence electrons. The van der Waals surface area contributed by atoms with Gasteiger partial charge in [0.15, 0.2) is 0 Å². The summed E-state index contributed by atoms with van der Waals surface area (Å²) in [6, 6.07) is 0. The number of rotatable bonds is 1. The number of likely N-dealkylation sites (N-methyl/N-ethyl adjacent to an activating group) is 1. The second-order valence-electron chi connectivity index (χ2n) is 2.43. The number of hydrogen-bond donors (Lipinski definition) is 0. The van der Waals surface area contributed by atoms with Gasteiger partial charge in [0, 0.05) is 6.54 Å². The van der Waals surface area contributed by atoms with E-state index in [9.17, 15) is 0 Å². The Morgan fingerprint density at radius 1 is 1.56 bits per heavy atom. The molecule has 0 aromatic carbocycles. The summed E-state index contributed by atoms with van der Waals surface area (Å²) in [5, 5.41) is 4.33. The van der Waals surface area contributed by atoms with Crippen LogP contribution in [0, 0.1) is 0 Å². The molecule has 1 radical (unpaired) electrons. The minimum Gasteiger partial charge on any atom is -0.377 e. The van der Waals surface area contributed by atoms with Crippen LogP contribution in [0.2, 0.25) is 0 Å². The third-order valence-corrected chi connectivity index (χ3v) is 1.44. The molecule has 0 saturated carbocycles. The van der Waals surface area contributed by atoms with E-state index in [-0.39, 0.29) is 0 Å². The van der Waals surface area contributed by atoms with Crippen LogP contribution in [0.4, 0.5) is 0 Å². The average Bonchev–Trinajstić information content (AvgIpc) is 1.90. The fourth-order valence-corrected chi connectivity index (χ4v) is 0.820. The van der Waals surface area contributed by atoms with E-state index in [4.69, 9.17) is 4.74 Å². The normalized spacial score (nSPS) is 29.0. The van der Waals surface area contributed by atoms with Crippen molar-refractivity contribution in [1.29, 1.82) is 0 Å². The van der Waals surface area contributed by atoms with E-state index in [1.165, 1.54) is 0 Å². The Hall–Kier alpha value is -0.120. The summed E-state index contributed by atoms with van der Waals surface area (Å²) < 4.78 is 5.21. The summed E-state index contributed by atoms with van der Waals surface area (Å²) in [4.78, 5) is 2.07. The van der Waals surface area contributed by atoms with Gasteiger partial charge < -0.3 is 4.74 Å². The minimum atomic E-state index is 0.291. The highest BCUT2D eigenvalue weighted by atomic mass is 16.5. The Morgan fingerprint density at radius 3 is 2.67 bits per heavy atom. The van der Waals surface area contributed by atoms with E-state index in [1.54, 1.807) is 0 Å². The lowest BCUT2D eigenvalue weighted by molar-refractivity contribution is 0.0257.